The monoisotopic (exact) mass is 217 g/mol. The zero-order valence-corrected chi connectivity index (χ0v) is 10.5. The highest BCUT2D eigenvalue weighted by Crippen LogP contribution is 2.45. The smallest absolute Gasteiger partial charge is 0.0105 e. The Kier molecular flexibility index (Phi) is 3.07. The molecule has 0 spiro atoms. The lowest BCUT2D eigenvalue weighted by Crippen LogP contribution is -2.40. The van der Waals surface area contributed by atoms with E-state index in [-0.39, 0.29) is 5.54 Å². The van der Waals surface area contributed by atoms with Gasteiger partial charge < -0.3 is 5.73 Å². The van der Waals surface area contributed by atoms with Crippen molar-refractivity contribution in [3.8, 4) is 0 Å². The summed E-state index contributed by atoms with van der Waals surface area (Å²) in [6.45, 7) is 4.30. The van der Waals surface area contributed by atoms with Crippen LogP contribution in [0, 0.1) is 0 Å². The van der Waals surface area contributed by atoms with Gasteiger partial charge in [0.15, 0.2) is 0 Å². The molecule has 16 heavy (non-hydrogen) atoms. The van der Waals surface area contributed by atoms with E-state index < -0.39 is 0 Å². The second-order valence-corrected chi connectivity index (χ2v) is 6.02. The van der Waals surface area contributed by atoms with Crippen molar-refractivity contribution in [2.45, 2.75) is 56.9 Å². The molecule has 1 fully saturated rings. The van der Waals surface area contributed by atoms with Crippen LogP contribution in [-0.4, -0.2) is 5.54 Å². The van der Waals surface area contributed by atoms with E-state index in [4.69, 9.17) is 5.73 Å². The highest BCUT2D eigenvalue weighted by molar-refractivity contribution is 5.27. The Bertz CT molecular complexity index is 328. The number of benzene rings is 1. The number of rotatable bonds is 3. The van der Waals surface area contributed by atoms with Crippen LogP contribution in [0.5, 0.6) is 0 Å². The van der Waals surface area contributed by atoms with Crippen LogP contribution in [0.1, 0.15) is 51.5 Å². The normalized spacial score (nSPS) is 19.9. The van der Waals surface area contributed by atoms with Gasteiger partial charge >= 0.3 is 0 Å². The van der Waals surface area contributed by atoms with Gasteiger partial charge in [0.2, 0.25) is 0 Å². The van der Waals surface area contributed by atoms with Crippen molar-refractivity contribution in [3.63, 3.8) is 0 Å². The lowest BCUT2D eigenvalue weighted by Gasteiger charge is -2.36. The quantitative estimate of drug-likeness (QED) is 0.822. The standard InChI is InChI=1S/C15H23N/c1-14(2,16)12-15(10-6-7-11-15)13-8-4-3-5-9-13/h3-5,8-9H,6-7,10-12,16H2,1-2H3. The summed E-state index contributed by atoms with van der Waals surface area (Å²) in [6.07, 6.45) is 6.41. The Hall–Kier alpha value is -0.820. The summed E-state index contributed by atoms with van der Waals surface area (Å²) >= 11 is 0. The largest absolute Gasteiger partial charge is 0.326 e. The Morgan fingerprint density at radius 2 is 1.69 bits per heavy atom. The van der Waals surface area contributed by atoms with E-state index in [0.29, 0.717) is 5.41 Å². The maximum absolute atomic E-state index is 6.24. The highest BCUT2D eigenvalue weighted by Gasteiger charge is 2.38. The van der Waals surface area contributed by atoms with Gasteiger partial charge in [0.1, 0.15) is 0 Å². The van der Waals surface area contributed by atoms with Crippen molar-refractivity contribution >= 4 is 0 Å². The molecule has 2 rings (SSSR count). The summed E-state index contributed by atoms with van der Waals surface area (Å²) in [4.78, 5) is 0. The fourth-order valence-electron chi connectivity index (χ4n) is 3.28. The first kappa shape index (κ1) is 11.7. The first-order valence-corrected chi connectivity index (χ1v) is 6.36. The van der Waals surface area contributed by atoms with E-state index in [0.717, 1.165) is 6.42 Å². The van der Waals surface area contributed by atoms with Crippen LogP contribution < -0.4 is 5.73 Å². The molecule has 0 atom stereocenters. The fourth-order valence-corrected chi connectivity index (χ4v) is 3.28. The van der Waals surface area contributed by atoms with Crippen LogP contribution in [0.25, 0.3) is 0 Å². The summed E-state index contributed by atoms with van der Waals surface area (Å²) in [7, 11) is 0. The first-order valence-electron chi connectivity index (χ1n) is 6.36. The molecule has 1 nitrogen and oxygen atoms in total. The van der Waals surface area contributed by atoms with Crippen LogP contribution in [0.15, 0.2) is 30.3 Å². The molecule has 0 aliphatic heterocycles. The maximum Gasteiger partial charge on any atom is 0.0105 e. The molecule has 1 heteroatoms. The third-order valence-corrected chi connectivity index (χ3v) is 3.74. The molecule has 0 unspecified atom stereocenters. The van der Waals surface area contributed by atoms with Crippen LogP contribution in [0.2, 0.25) is 0 Å². The Morgan fingerprint density at radius 1 is 1.12 bits per heavy atom. The third kappa shape index (κ3) is 2.46. The lowest BCUT2D eigenvalue weighted by molar-refractivity contribution is 0.310. The van der Waals surface area contributed by atoms with E-state index in [2.05, 4.69) is 44.2 Å². The van der Waals surface area contributed by atoms with E-state index in [1.807, 2.05) is 0 Å². The molecule has 0 bridgehead atoms. The predicted molar refractivity (Wildman–Crippen MR) is 69.5 cm³/mol. The summed E-state index contributed by atoms with van der Waals surface area (Å²) in [5.41, 5.74) is 8.01. The molecular formula is C15H23N. The Balaban J connectivity index is 2.29. The fraction of sp³-hybridized carbons (Fsp3) is 0.600. The van der Waals surface area contributed by atoms with E-state index >= 15 is 0 Å². The van der Waals surface area contributed by atoms with Gasteiger partial charge in [-0.25, -0.2) is 0 Å². The van der Waals surface area contributed by atoms with Crippen molar-refractivity contribution in [2.75, 3.05) is 0 Å². The molecule has 0 radical (unpaired) electrons. The van der Waals surface area contributed by atoms with Crippen molar-refractivity contribution < 1.29 is 0 Å². The van der Waals surface area contributed by atoms with Gasteiger partial charge in [-0.15, -0.1) is 0 Å². The average molecular weight is 217 g/mol. The van der Waals surface area contributed by atoms with Gasteiger partial charge in [-0.05, 0) is 44.1 Å². The summed E-state index contributed by atoms with van der Waals surface area (Å²) in [5.74, 6) is 0. The zero-order valence-electron chi connectivity index (χ0n) is 10.5. The van der Waals surface area contributed by atoms with Gasteiger partial charge in [0.25, 0.3) is 0 Å². The minimum Gasteiger partial charge on any atom is -0.326 e. The number of hydrogen-bond acceptors (Lipinski definition) is 1. The highest BCUT2D eigenvalue weighted by atomic mass is 14.7. The van der Waals surface area contributed by atoms with Crippen molar-refractivity contribution in [3.05, 3.63) is 35.9 Å². The topological polar surface area (TPSA) is 26.0 Å². The van der Waals surface area contributed by atoms with E-state index in [1.165, 1.54) is 31.2 Å². The molecule has 1 aliphatic carbocycles. The van der Waals surface area contributed by atoms with Gasteiger partial charge in [-0.3, -0.25) is 0 Å². The molecule has 1 aliphatic rings. The van der Waals surface area contributed by atoms with Gasteiger partial charge in [-0.1, -0.05) is 43.2 Å². The average Bonchev–Trinajstić information content (AvgIpc) is 2.66. The Labute approximate surface area is 99.0 Å². The molecule has 1 saturated carbocycles. The third-order valence-electron chi connectivity index (χ3n) is 3.74. The molecule has 88 valence electrons. The Morgan fingerprint density at radius 3 is 2.19 bits per heavy atom. The van der Waals surface area contributed by atoms with E-state index in [9.17, 15) is 0 Å². The zero-order chi connectivity index (χ0) is 11.6. The van der Waals surface area contributed by atoms with E-state index in [1.54, 1.807) is 0 Å². The molecule has 0 amide bonds. The van der Waals surface area contributed by atoms with Crippen molar-refractivity contribution in [1.82, 2.24) is 0 Å². The predicted octanol–water partition coefficient (Wildman–Crippen LogP) is 3.63. The number of nitrogens with two attached hydrogens (primary N) is 1. The van der Waals surface area contributed by atoms with Crippen molar-refractivity contribution in [2.24, 2.45) is 5.73 Å². The summed E-state index contributed by atoms with van der Waals surface area (Å²) < 4.78 is 0. The molecular weight excluding hydrogens is 194 g/mol. The summed E-state index contributed by atoms with van der Waals surface area (Å²) in [5, 5.41) is 0. The van der Waals surface area contributed by atoms with Crippen LogP contribution >= 0.6 is 0 Å². The van der Waals surface area contributed by atoms with Crippen molar-refractivity contribution in [1.29, 1.82) is 0 Å². The molecule has 2 N–H and O–H groups in total. The van der Waals surface area contributed by atoms with Gasteiger partial charge in [0, 0.05) is 5.54 Å². The molecule has 0 saturated heterocycles. The lowest BCUT2D eigenvalue weighted by atomic mass is 9.71. The second kappa shape index (κ2) is 4.21. The minimum absolute atomic E-state index is 0.0693. The molecule has 1 aromatic rings. The molecule has 1 aromatic carbocycles. The van der Waals surface area contributed by atoms with Crippen LogP contribution in [-0.2, 0) is 5.41 Å². The molecule has 0 heterocycles. The van der Waals surface area contributed by atoms with Crippen LogP contribution in [0.4, 0.5) is 0 Å². The second-order valence-electron chi connectivity index (χ2n) is 6.02. The van der Waals surface area contributed by atoms with Crippen LogP contribution in [0.3, 0.4) is 0 Å². The first-order chi connectivity index (χ1) is 7.52. The summed E-state index contributed by atoms with van der Waals surface area (Å²) in [6, 6.07) is 11.0. The molecule has 0 aromatic heterocycles. The van der Waals surface area contributed by atoms with Gasteiger partial charge in [-0.2, -0.15) is 0 Å². The minimum atomic E-state index is -0.0693. The van der Waals surface area contributed by atoms with Gasteiger partial charge in [0.05, 0.1) is 0 Å². The number of hydrogen-bond donors (Lipinski definition) is 1. The SMILES string of the molecule is CC(C)(N)CC1(c2ccccc2)CCCC1. The maximum atomic E-state index is 6.24.